The van der Waals surface area contributed by atoms with Crippen molar-refractivity contribution in [2.45, 2.75) is 233 Å². The van der Waals surface area contributed by atoms with Crippen molar-refractivity contribution in [1.29, 1.82) is 5.26 Å². The molecule has 2 amide bonds. The highest BCUT2D eigenvalue weighted by Gasteiger charge is 2.42. The predicted molar refractivity (Wildman–Crippen MR) is 398 cm³/mol. The van der Waals surface area contributed by atoms with E-state index >= 15 is 0 Å². The van der Waals surface area contributed by atoms with E-state index in [0.717, 1.165) is 114 Å². The van der Waals surface area contributed by atoms with E-state index in [0.29, 0.717) is 77.7 Å². The molecule has 0 saturated carbocycles. The summed E-state index contributed by atoms with van der Waals surface area (Å²) in [5.74, 6) is 1.88. The molecule has 6 aromatic rings. The van der Waals surface area contributed by atoms with Gasteiger partial charge in [-0.2, -0.15) is 30.6 Å². The van der Waals surface area contributed by atoms with Crippen molar-refractivity contribution in [1.82, 2.24) is 53.0 Å². The second kappa shape index (κ2) is 32.4. The number of nitriles is 1. The minimum atomic E-state index is -3.60. The van der Waals surface area contributed by atoms with Gasteiger partial charge in [0.1, 0.15) is 42.8 Å². The monoisotopic (exact) mass is 1520 g/mol. The largest absolute Gasteiger partial charge is 0.477 e. The molecular weight excluding hydrogens is 1420 g/mol. The summed E-state index contributed by atoms with van der Waals surface area (Å²) in [4.78, 5) is 28.8. The maximum Gasteiger partial charge on any atom is 0.331 e. The van der Waals surface area contributed by atoms with Gasteiger partial charge < -0.3 is 24.3 Å². The number of isocyanates is 1. The Morgan fingerprint density at radius 1 is 0.569 bits per heavy atom. The predicted octanol–water partition coefficient (Wildman–Crippen LogP) is 10.6. The van der Waals surface area contributed by atoms with Gasteiger partial charge in [0, 0.05) is 78.6 Å². The van der Waals surface area contributed by atoms with Crippen molar-refractivity contribution in [2.75, 3.05) is 52.9 Å². The normalized spacial score (nSPS) is 17.7. The molecule has 0 radical (unpaired) electrons. The van der Waals surface area contributed by atoms with Crippen LogP contribution in [0.3, 0.4) is 0 Å². The lowest BCUT2D eigenvalue weighted by Crippen LogP contribution is -2.54. The standard InChI is InChI=1S/C20H25N5O3S.C13H26N4O2SSi.C13H13NO.C12H23N3O3SSi.C7H12N4O2S.C2H3N/c1-21-29(27,17-12-22-25-9-4-10-28-19(17)25)24-20(26)23-18-15-7-2-5-13(15)11-14-6-3-8-16(14)18;1-13(2,3)21(5,6)16-20(18,14-4)11-10-15-17-8-7-9-19-12(11)17;15-8-14-13-11-5-1-3-9(11)7-10-4-2-6-12(10)13;1-12(2,3)20(4,5)14-19(16,17)10-9-13-15-7-6-8-18-11(10)15;1-9-14(8,12)6-5-10-11-3-2-4-13-7(6)11;1-2-3/h11-12H,2-10H2,1H3,(H2,21,23,24,26,27);10H,7-9H2,1-6H3,(H,14,16,18);7H,1-6H2;9,14H,6-8H2,1-5H3;5H,2-4H2,1H3,(H2,8,9,12);1H3. The lowest BCUT2D eigenvalue weighted by atomic mass is 9.99. The summed E-state index contributed by atoms with van der Waals surface area (Å²) in [6.07, 6.45) is 24.4. The third-order valence-corrected chi connectivity index (χ3v) is 39.0. The average molecular weight is 1520 g/mol. The van der Waals surface area contributed by atoms with Crippen molar-refractivity contribution >= 4 is 79.7 Å². The van der Waals surface area contributed by atoms with Crippen molar-refractivity contribution in [3.05, 3.63) is 81.4 Å². The van der Waals surface area contributed by atoms with Crippen LogP contribution in [0.25, 0.3) is 0 Å². The second-order valence-corrected chi connectivity index (χ2v) is 47.2. The van der Waals surface area contributed by atoms with E-state index in [-0.39, 0.29) is 15.0 Å². The van der Waals surface area contributed by atoms with Gasteiger partial charge in [-0.05, 0) is 152 Å². The number of sulfonamides is 1. The molecule has 6 N–H and O–H groups in total. The van der Waals surface area contributed by atoms with Gasteiger partial charge in [0.05, 0.1) is 63.0 Å². The number of benzene rings is 2. The molecule has 102 heavy (non-hydrogen) atoms. The number of fused-ring (bicyclic) bond motifs is 8. The van der Waals surface area contributed by atoms with E-state index in [2.05, 4.69) is 120 Å². The number of nitrogens with two attached hydrogens (primary N) is 1. The van der Waals surface area contributed by atoms with Gasteiger partial charge in [-0.15, -0.1) is 0 Å². The van der Waals surface area contributed by atoms with Crippen LogP contribution in [0.4, 0.5) is 16.2 Å². The van der Waals surface area contributed by atoms with E-state index in [1.54, 1.807) is 44.1 Å². The highest BCUT2D eigenvalue weighted by atomic mass is 32.2. The van der Waals surface area contributed by atoms with Crippen molar-refractivity contribution in [3.63, 3.8) is 0 Å². The fraction of sp³-hybridized carbons (Fsp3) is 0.597. The third kappa shape index (κ3) is 17.4. The number of aromatic nitrogens is 8. The van der Waals surface area contributed by atoms with Crippen LogP contribution in [0.1, 0.15) is 144 Å². The van der Waals surface area contributed by atoms with Crippen molar-refractivity contribution in [3.8, 4) is 29.6 Å². The Labute approximate surface area is 603 Å². The molecule has 14 rings (SSSR count). The Bertz CT molecular complexity index is 4630. The molecule has 3 atom stereocenters. The minimum Gasteiger partial charge on any atom is -0.477 e. The Morgan fingerprint density at radius 3 is 1.32 bits per heavy atom. The first-order valence-corrected chi connectivity index (χ1v) is 46.9. The first kappa shape index (κ1) is 78.9. The summed E-state index contributed by atoms with van der Waals surface area (Å²) >= 11 is 0. The van der Waals surface area contributed by atoms with Gasteiger partial charge in [0.25, 0.3) is 0 Å². The number of carbonyl (C=O) groups is 1. The number of nitrogens with one attached hydrogen (secondary N) is 4. The van der Waals surface area contributed by atoms with E-state index in [1.807, 2.05) is 13.1 Å². The molecule has 4 aromatic heterocycles. The van der Waals surface area contributed by atoms with Gasteiger partial charge in [0.2, 0.25) is 39.6 Å². The SMILES string of the molecule is CC#N.CC(C)(C)[Si](C)(C)NS(=O)(=O)c1cnn2c1OCCC2.CN=S(=O)(NC(=O)Nc1c2c(cc3c1CCC3)CCC2)c1cnn2c1OCCC2.CN=S(N)(=O)c1cnn2c1OCCC2.CNS(=O)(=N[Si](C)(C)C(C)(C)C)c1cnn2c1OCCC2.O=C=Nc1c2c(cc3c1CCC3)CCC2. The lowest BCUT2D eigenvalue weighted by Gasteiger charge is -2.36. The molecular formula is C67H102N18O11S4Si2. The third-order valence-electron chi connectivity index (χ3n) is 20.1. The van der Waals surface area contributed by atoms with Crippen LogP contribution in [0.2, 0.25) is 36.3 Å². The van der Waals surface area contributed by atoms with Crippen LogP contribution in [0.15, 0.2) is 74.2 Å². The number of rotatable bonds is 11. The molecule has 4 aliphatic heterocycles. The van der Waals surface area contributed by atoms with Crippen molar-refractivity contribution < 1.29 is 49.6 Å². The Kier molecular flexibility index (Phi) is 25.0. The summed E-state index contributed by atoms with van der Waals surface area (Å²) in [7, 11) is -12.0. The van der Waals surface area contributed by atoms with E-state index in [9.17, 15) is 30.6 Å². The molecule has 29 nitrogen and oxygen atoms in total. The summed E-state index contributed by atoms with van der Waals surface area (Å²) in [6.45, 7) is 27.7. The second-order valence-electron chi connectivity index (χ2n) is 29.0. The van der Waals surface area contributed by atoms with Gasteiger partial charge >= 0.3 is 6.03 Å². The molecule has 8 aliphatic rings. The van der Waals surface area contributed by atoms with E-state index in [4.69, 9.17) is 33.4 Å². The number of ether oxygens (including phenoxy) is 4. The molecule has 8 heterocycles. The number of urea groups is 1. The fourth-order valence-corrected chi connectivity index (χ4v) is 24.9. The zero-order valence-corrected chi connectivity index (χ0v) is 66.7. The fourth-order valence-electron chi connectivity index (χ4n) is 12.6. The maximum atomic E-state index is 13.5. The zero-order valence-electron chi connectivity index (χ0n) is 61.4. The quantitative estimate of drug-likeness (QED) is 0.0457. The summed E-state index contributed by atoms with van der Waals surface area (Å²) in [6, 6.07) is 5.90. The summed E-state index contributed by atoms with van der Waals surface area (Å²) in [5.41, 5.74) is 12.5. The highest BCUT2D eigenvalue weighted by Crippen LogP contribution is 2.43. The van der Waals surface area contributed by atoms with Crippen LogP contribution in [0, 0.1) is 11.3 Å². The first-order chi connectivity index (χ1) is 48.2. The molecule has 35 heteroatoms. The van der Waals surface area contributed by atoms with E-state index in [1.165, 1.54) is 97.0 Å². The number of aryl methyl sites for hydroxylation is 8. The highest BCUT2D eigenvalue weighted by molar-refractivity contribution is 7.93. The minimum absolute atomic E-state index is 0.0284. The number of anilines is 1. The average Bonchev–Trinajstić information content (AvgIpc) is 1.53. The number of hydrogen-bond donors (Lipinski definition) is 5. The number of hydrogen-bond acceptors (Lipinski definition) is 20. The zero-order chi connectivity index (χ0) is 74.2. The van der Waals surface area contributed by atoms with Crippen molar-refractivity contribution in [2.24, 2.45) is 22.9 Å². The molecule has 0 saturated heterocycles. The number of nitrogens with zero attached hydrogens (tertiary/aromatic N) is 13. The Hall–Kier alpha value is -7.27. The molecule has 558 valence electrons. The summed E-state index contributed by atoms with van der Waals surface area (Å²) < 4.78 is 114. The Balaban J connectivity index is 0.000000150. The topological polar surface area (TPSA) is 375 Å². The van der Waals surface area contributed by atoms with Crippen LogP contribution in [-0.2, 0) is 122 Å². The molecule has 0 fully saturated rings. The lowest BCUT2D eigenvalue weighted by molar-refractivity contribution is 0.224. The van der Waals surface area contributed by atoms with Gasteiger partial charge in [-0.25, -0.2) is 77.1 Å². The first-order valence-electron chi connectivity index (χ1n) is 34.8. The van der Waals surface area contributed by atoms with Crippen LogP contribution < -0.4 is 43.2 Å². The number of carbonyl (C=O) groups excluding carboxylic acids is 2. The van der Waals surface area contributed by atoms with Crippen LogP contribution >= 0.6 is 0 Å². The molecule has 0 bridgehead atoms. The van der Waals surface area contributed by atoms with Gasteiger partial charge in [-0.3, -0.25) is 4.03 Å². The smallest absolute Gasteiger partial charge is 0.331 e. The number of amides is 2. The van der Waals surface area contributed by atoms with E-state index < -0.39 is 62.3 Å². The molecule has 4 aliphatic carbocycles. The maximum absolute atomic E-state index is 13.5. The van der Waals surface area contributed by atoms with Crippen LogP contribution in [-0.4, -0.2) is 136 Å². The molecule has 2 aromatic carbocycles. The summed E-state index contributed by atoms with van der Waals surface area (Å²) in [5, 5.41) is 32.5. The molecule has 0 spiro atoms. The molecule has 3 unspecified atom stereocenters. The van der Waals surface area contributed by atoms with Gasteiger partial charge in [-0.1, -0.05) is 66.8 Å². The Morgan fingerprint density at radius 2 is 0.941 bits per heavy atom. The van der Waals surface area contributed by atoms with Gasteiger partial charge in [0.15, 0.2) is 23.0 Å². The number of aliphatic imine (C=N–C) groups is 1. The van der Waals surface area contributed by atoms with Crippen LogP contribution in [0.5, 0.6) is 23.5 Å².